The number of aliphatic imine (C=N–C) groups is 2. The third-order valence-electron chi connectivity index (χ3n) is 12.2. The Morgan fingerprint density at radius 1 is 0.960 bits per heavy atom. The van der Waals surface area contributed by atoms with Gasteiger partial charge in [0.05, 0.1) is 41.1 Å². The number of benzene rings is 2. The molecule has 0 bridgehead atoms. The normalized spacial score (nSPS) is 25.0. The maximum atomic E-state index is 14.5. The predicted octanol–water partition coefficient (Wildman–Crippen LogP) is 8.36. The van der Waals surface area contributed by atoms with Crippen LogP contribution in [0, 0.1) is 0 Å². The minimum absolute atomic E-state index is 0.259. The van der Waals surface area contributed by atoms with Gasteiger partial charge in [0.25, 0.3) is 5.82 Å². The second kappa shape index (κ2) is 9.12. The Balaban J connectivity index is 1.29. The van der Waals surface area contributed by atoms with Crippen LogP contribution < -0.4 is 0 Å². The molecule has 0 amide bonds. The highest BCUT2D eigenvalue weighted by atomic mass is 19.4. The van der Waals surface area contributed by atoms with Gasteiger partial charge in [-0.05, 0) is 48.9 Å². The molecular formula is C39H33F3N8. The SMILES string of the molecule is CCCc1ccc2c3cc4c(c5c3n(c2c1)C5)C1=CN=C2CC=CN=C2N1C1=C4C2(CC)n3nc(C(F)(F)F)nc3C3=CCC=CN3C12CC. The number of hydrogen-bond donors (Lipinski definition) is 0. The van der Waals surface area contributed by atoms with E-state index in [1.807, 2.05) is 24.6 Å². The molecule has 1 aliphatic carbocycles. The molecule has 0 radical (unpaired) electrons. The molecule has 11 rings (SSSR count). The zero-order valence-corrected chi connectivity index (χ0v) is 27.9. The monoisotopic (exact) mass is 670 g/mol. The average Bonchev–Trinajstić information content (AvgIpc) is 3.67. The van der Waals surface area contributed by atoms with Crippen LogP contribution in [0.2, 0.25) is 0 Å². The fourth-order valence-corrected chi connectivity index (χ4v) is 10.3. The summed E-state index contributed by atoms with van der Waals surface area (Å²) in [5.41, 5.74) is 9.95. The Hall–Kier alpha value is -5.19. The predicted molar refractivity (Wildman–Crippen MR) is 188 cm³/mol. The van der Waals surface area contributed by atoms with Crippen LogP contribution in [-0.4, -0.2) is 46.2 Å². The highest BCUT2D eigenvalue weighted by Crippen LogP contribution is 2.71. The third-order valence-corrected chi connectivity index (χ3v) is 12.2. The van der Waals surface area contributed by atoms with Crippen molar-refractivity contribution in [3.8, 4) is 0 Å². The Bertz CT molecular complexity index is 2520. The van der Waals surface area contributed by atoms with E-state index in [9.17, 15) is 13.2 Å². The van der Waals surface area contributed by atoms with Gasteiger partial charge in [-0.1, -0.05) is 57.6 Å². The number of nitrogens with zero attached hydrogens (tertiary/aromatic N) is 8. The lowest BCUT2D eigenvalue weighted by Crippen LogP contribution is -2.76. The summed E-state index contributed by atoms with van der Waals surface area (Å²) in [6.07, 6.45) is 11.8. The number of allylic oxidation sites excluding steroid dienone is 3. The molecule has 8 nitrogen and oxygen atoms in total. The van der Waals surface area contributed by atoms with E-state index in [0.29, 0.717) is 31.4 Å². The van der Waals surface area contributed by atoms with Gasteiger partial charge in [-0.3, -0.25) is 9.89 Å². The zero-order chi connectivity index (χ0) is 33.9. The summed E-state index contributed by atoms with van der Waals surface area (Å²) in [7, 11) is 0. The molecule has 0 saturated carbocycles. The van der Waals surface area contributed by atoms with Gasteiger partial charge < -0.3 is 9.47 Å². The Labute approximate surface area is 286 Å². The van der Waals surface area contributed by atoms with Crippen molar-refractivity contribution in [2.75, 3.05) is 0 Å². The first-order chi connectivity index (χ1) is 24.3. The van der Waals surface area contributed by atoms with Crippen molar-refractivity contribution in [3.63, 3.8) is 0 Å². The molecule has 7 aliphatic rings. The molecule has 2 aromatic carbocycles. The molecule has 11 heteroatoms. The lowest BCUT2D eigenvalue weighted by molar-refractivity contribution is -0.145. The number of fused-ring (bicyclic) bond motifs is 19. The summed E-state index contributed by atoms with van der Waals surface area (Å²) in [6, 6.07) is 9.11. The maximum absolute atomic E-state index is 14.5. The number of halogens is 3. The Morgan fingerprint density at radius 3 is 2.62 bits per heavy atom. The van der Waals surface area contributed by atoms with E-state index in [4.69, 9.17) is 9.98 Å². The van der Waals surface area contributed by atoms with Crippen molar-refractivity contribution in [1.82, 2.24) is 29.1 Å². The van der Waals surface area contributed by atoms with Gasteiger partial charge in [-0.15, -0.1) is 5.10 Å². The fourth-order valence-electron chi connectivity index (χ4n) is 10.3. The van der Waals surface area contributed by atoms with Crippen LogP contribution >= 0.6 is 0 Å². The smallest absolute Gasteiger partial charge is 0.336 e. The minimum atomic E-state index is -4.69. The number of hydrogen-bond acceptors (Lipinski definition) is 6. The van der Waals surface area contributed by atoms with Crippen molar-refractivity contribution in [2.24, 2.45) is 9.98 Å². The lowest BCUT2D eigenvalue weighted by atomic mass is 9.50. The number of aromatic nitrogens is 4. The Kier molecular flexibility index (Phi) is 5.22. The molecule has 2 atom stereocenters. The summed E-state index contributed by atoms with van der Waals surface area (Å²) in [6.45, 7) is 7.17. The molecule has 2 aromatic heterocycles. The zero-order valence-electron chi connectivity index (χ0n) is 27.9. The van der Waals surface area contributed by atoms with E-state index in [2.05, 4.69) is 81.8 Å². The molecule has 8 heterocycles. The molecule has 0 fully saturated rings. The molecule has 0 saturated heterocycles. The highest BCUT2D eigenvalue weighted by Gasteiger charge is 2.74. The molecule has 50 heavy (non-hydrogen) atoms. The highest BCUT2D eigenvalue weighted by molar-refractivity contribution is 6.45. The van der Waals surface area contributed by atoms with Gasteiger partial charge in [-0.2, -0.15) is 13.2 Å². The second-order valence-electron chi connectivity index (χ2n) is 14.2. The topological polar surface area (TPSA) is 66.8 Å². The lowest BCUT2D eigenvalue weighted by Gasteiger charge is -2.70. The van der Waals surface area contributed by atoms with Crippen LogP contribution in [-0.2, 0) is 24.7 Å². The molecular weight excluding hydrogens is 637 g/mol. The average molecular weight is 671 g/mol. The van der Waals surface area contributed by atoms with E-state index < -0.39 is 23.1 Å². The third kappa shape index (κ3) is 2.97. The molecule has 6 aliphatic heterocycles. The van der Waals surface area contributed by atoms with Crippen LogP contribution in [0.25, 0.3) is 38.8 Å². The molecule has 0 N–H and O–H groups in total. The van der Waals surface area contributed by atoms with E-state index in [-0.39, 0.29) is 5.82 Å². The van der Waals surface area contributed by atoms with Gasteiger partial charge in [-0.25, -0.2) is 14.7 Å². The van der Waals surface area contributed by atoms with Crippen molar-refractivity contribution >= 4 is 50.3 Å². The largest absolute Gasteiger partial charge is 0.453 e. The molecule has 250 valence electrons. The maximum Gasteiger partial charge on any atom is 0.453 e. The van der Waals surface area contributed by atoms with E-state index >= 15 is 0 Å². The van der Waals surface area contributed by atoms with Gasteiger partial charge in [0.1, 0.15) is 11.1 Å². The van der Waals surface area contributed by atoms with Crippen LogP contribution in [0.3, 0.4) is 0 Å². The summed E-state index contributed by atoms with van der Waals surface area (Å²) in [4.78, 5) is 18.7. The van der Waals surface area contributed by atoms with Gasteiger partial charge in [0.15, 0.2) is 11.7 Å². The van der Waals surface area contributed by atoms with E-state index in [1.54, 1.807) is 4.68 Å². The molecule has 4 aromatic rings. The van der Waals surface area contributed by atoms with Crippen molar-refractivity contribution in [3.05, 3.63) is 101 Å². The van der Waals surface area contributed by atoms with Gasteiger partial charge in [0.2, 0.25) is 0 Å². The number of aryl methyl sites for hydroxylation is 1. The number of amidine groups is 1. The van der Waals surface area contributed by atoms with Crippen molar-refractivity contribution in [1.29, 1.82) is 0 Å². The first-order valence-corrected chi connectivity index (χ1v) is 17.7. The van der Waals surface area contributed by atoms with Crippen LogP contribution in [0.4, 0.5) is 13.2 Å². The van der Waals surface area contributed by atoms with E-state index in [1.165, 1.54) is 32.9 Å². The summed E-state index contributed by atoms with van der Waals surface area (Å²) in [5, 5.41) is 6.77. The first kappa shape index (κ1) is 28.6. The Morgan fingerprint density at radius 2 is 1.82 bits per heavy atom. The summed E-state index contributed by atoms with van der Waals surface area (Å²) in [5.74, 6) is -0.0658. The summed E-state index contributed by atoms with van der Waals surface area (Å²) >= 11 is 0. The number of alkyl halides is 3. The molecule has 2 unspecified atom stereocenters. The van der Waals surface area contributed by atoms with Crippen molar-refractivity contribution in [2.45, 2.75) is 83.1 Å². The quantitative estimate of drug-likeness (QED) is 0.193. The number of rotatable bonds is 4. The van der Waals surface area contributed by atoms with Crippen molar-refractivity contribution < 1.29 is 13.2 Å². The standard InChI is InChI=1S/C39H33F3N8/c1-4-10-21-13-14-22-23-18-24-30(25-20-47(32(23)25)28(22)17-21)29-19-44-26-11-9-15-43-34(26)49(29)33-31(24)37(5-2)38(33,6-3)48-16-8-7-12-27(48)35-45-36(39(40,41)42)46-50(35)37/h8-9,12-19H,4-7,10-11,20H2,1-3H3. The van der Waals surface area contributed by atoms with E-state index in [0.717, 1.165) is 59.0 Å². The van der Waals surface area contributed by atoms with Crippen LogP contribution in [0.15, 0.2) is 76.8 Å². The van der Waals surface area contributed by atoms with Gasteiger partial charge in [0, 0.05) is 51.8 Å². The second-order valence-corrected chi connectivity index (χ2v) is 14.2. The summed E-state index contributed by atoms with van der Waals surface area (Å²) < 4.78 is 47.6. The fraction of sp³-hybridized carbons (Fsp3) is 0.333. The van der Waals surface area contributed by atoms with Gasteiger partial charge >= 0.3 is 6.18 Å². The molecule has 0 spiro atoms. The van der Waals surface area contributed by atoms with Crippen LogP contribution in [0.1, 0.15) is 86.8 Å². The first-order valence-electron chi connectivity index (χ1n) is 17.7. The van der Waals surface area contributed by atoms with Crippen LogP contribution in [0.5, 0.6) is 0 Å². The minimum Gasteiger partial charge on any atom is -0.336 e.